The van der Waals surface area contributed by atoms with Gasteiger partial charge in [-0.15, -0.1) is 0 Å². The number of carbonyl (C=O) groups excluding carboxylic acids is 1. The van der Waals surface area contributed by atoms with E-state index < -0.39 is 38.2 Å². The van der Waals surface area contributed by atoms with Crippen LogP contribution < -0.4 is 0 Å². The Morgan fingerprint density at radius 1 is 1.19 bits per heavy atom. The van der Waals surface area contributed by atoms with E-state index in [2.05, 4.69) is 0 Å². The van der Waals surface area contributed by atoms with Crippen molar-refractivity contribution in [2.24, 2.45) is 5.41 Å². The smallest absolute Gasteiger partial charge is 0.328 e. The fraction of sp³-hybridized carbons (Fsp3) is 0.263. The number of rotatable bonds is 5. The summed E-state index contributed by atoms with van der Waals surface area (Å²) in [6.45, 7) is 1.61. The minimum absolute atomic E-state index is 0.0243. The first-order valence-corrected chi connectivity index (χ1v) is 9.57. The summed E-state index contributed by atoms with van der Waals surface area (Å²) in [5.41, 5.74) is -1.44. The van der Waals surface area contributed by atoms with Crippen molar-refractivity contribution in [3.63, 3.8) is 0 Å². The summed E-state index contributed by atoms with van der Waals surface area (Å²) in [4.78, 5) is 12.5. The molecule has 3 atom stereocenters. The average Bonchev–Trinajstić information content (AvgIpc) is 3.35. The molecule has 1 aliphatic rings. The Kier molecular flexibility index (Phi) is 4.55. The summed E-state index contributed by atoms with van der Waals surface area (Å²) in [6, 6.07) is 14.7. The van der Waals surface area contributed by atoms with E-state index in [1.807, 2.05) is 6.07 Å². The first-order chi connectivity index (χ1) is 12.4. The van der Waals surface area contributed by atoms with Gasteiger partial charge in [-0.05, 0) is 36.8 Å². The van der Waals surface area contributed by atoms with Crippen LogP contribution in [-0.4, -0.2) is 26.2 Å². The van der Waals surface area contributed by atoms with E-state index in [1.165, 1.54) is 36.4 Å². The molecule has 0 amide bonds. The van der Waals surface area contributed by atoms with Crippen LogP contribution in [0, 0.1) is 22.6 Å². The van der Waals surface area contributed by atoms with Crippen LogP contribution in [0.3, 0.4) is 0 Å². The van der Waals surface area contributed by atoms with Gasteiger partial charge in [-0.3, -0.25) is 4.79 Å². The molecule has 7 heteroatoms. The molecule has 0 N–H and O–H groups in total. The zero-order valence-corrected chi connectivity index (χ0v) is 14.7. The van der Waals surface area contributed by atoms with E-state index in [9.17, 15) is 22.9 Å². The Morgan fingerprint density at radius 2 is 1.81 bits per heavy atom. The molecule has 2 aromatic rings. The average molecular weight is 373 g/mol. The minimum atomic E-state index is -3.97. The monoisotopic (exact) mass is 373 g/mol. The van der Waals surface area contributed by atoms with Gasteiger partial charge >= 0.3 is 5.97 Å². The van der Waals surface area contributed by atoms with E-state index in [1.54, 1.807) is 25.1 Å². The standard InChI is InChI=1S/C19H16FNO4S/c1-2-25-18(22)19(12-21)16(13-8-10-14(20)11-9-13)17(19)26(23,24)15-6-4-3-5-7-15/h3-11,16-17H,2H2,1H3/t16-,17-,19-/m0/s1. The molecule has 3 rings (SSSR count). The number of halogens is 1. The molecule has 5 nitrogen and oxygen atoms in total. The predicted octanol–water partition coefficient (Wildman–Crippen LogP) is 2.84. The summed E-state index contributed by atoms with van der Waals surface area (Å²) in [7, 11) is -3.97. The van der Waals surface area contributed by atoms with Crippen LogP contribution >= 0.6 is 0 Å². The van der Waals surface area contributed by atoms with Gasteiger partial charge in [0.05, 0.1) is 17.6 Å². The van der Waals surface area contributed by atoms with E-state index in [0.717, 1.165) is 0 Å². The Morgan fingerprint density at radius 3 is 2.35 bits per heavy atom. The molecule has 0 bridgehead atoms. The lowest BCUT2D eigenvalue weighted by Gasteiger charge is -2.09. The van der Waals surface area contributed by atoms with Crippen LogP contribution in [0.5, 0.6) is 0 Å². The lowest BCUT2D eigenvalue weighted by Crippen LogP contribution is -2.25. The van der Waals surface area contributed by atoms with Crippen molar-refractivity contribution in [3.05, 3.63) is 66.0 Å². The largest absolute Gasteiger partial charge is 0.465 e. The second-order valence-electron chi connectivity index (χ2n) is 6.01. The lowest BCUT2D eigenvalue weighted by atomic mass is 10.0. The molecule has 1 saturated carbocycles. The molecule has 0 spiro atoms. The highest BCUT2D eigenvalue weighted by atomic mass is 32.2. The number of hydrogen-bond acceptors (Lipinski definition) is 5. The fourth-order valence-electron chi connectivity index (χ4n) is 3.32. The van der Waals surface area contributed by atoms with Gasteiger partial charge in [-0.25, -0.2) is 12.8 Å². The maximum Gasteiger partial charge on any atom is 0.328 e. The van der Waals surface area contributed by atoms with Gasteiger partial charge in [0.2, 0.25) is 0 Å². The van der Waals surface area contributed by atoms with Gasteiger partial charge < -0.3 is 4.74 Å². The molecular weight excluding hydrogens is 357 g/mol. The van der Waals surface area contributed by atoms with Crippen LogP contribution in [0.15, 0.2) is 59.5 Å². The first-order valence-electron chi connectivity index (χ1n) is 8.02. The van der Waals surface area contributed by atoms with Gasteiger partial charge in [-0.1, -0.05) is 30.3 Å². The third kappa shape index (κ3) is 2.67. The Hall–Kier alpha value is -2.72. The lowest BCUT2D eigenvalue weighted by molar-refractivity contribution is -0.147. The predicted molar refractivity (Wildman–Crippen MR) is 91.2 cm³/mol. The van der Waals surface area contributed by atoms with E-state index in [-0.39, 0.29) is 11.5 Å². The second-order valence-corrected chi connectivity index (χ2v) is 8.08. The molecule has 1 fully saturated rings. The number of nitrogens with zero attached hydrogens (tertiary/aromatic N) is 1. The quantitative estimate of drug-likeness (QED) is 0.753. The number of esters is 1. The third-order valence-electron chi connectivity index (χ3n) is 4.57. The van der Waals surface area contributed by atoms with Crippen LogP contribution in [0.25, 0.3) is 0 Å². The van der Waals surface area contributed by atoms with Gasteiger partial charge in [-0.2, -0.15) is 5.26 Å². The van der Waals surface area contributed by atoms with Crippen LogP contribution in [0.2, 0.25) is 0 Å². The molecule has 26 heavy (non-hydrogen) atoms. The van der Waals surface area contributed by atoms with Crippen LogP contribution in [0.4, 0.5) is 4.39 Å². The van der Waals surface area contributed by atoms with Crippen molar-refractivity contribution in [2.75, 3.05) is 6.61 Å². The number of hydrogen-bond donors (Lipinski definition) is 0. The molecule has 0 saturated heterocycles. The molecule has 0 aromatic heterocycles. The summed E-state index contributed by atoms with van der Waals surface area (Å²) in [5.74, 6) is -2.28. The number of sulfone groups is 1. The van der Waals surface area contributed by atoms with Crippen molar-refractivity contribution in [1.82, 2.24) is 0 Å². The Balaban J connectivity index is 2.13. The fourth-order valence-corrected chi connectivity index (χ4v) is 5.58. The highest BCUT2D eigenvalue weighted by Gasteiger charge is 2.77. The number of carbonyl (C=O) groups is 1. The molecular formula is C19H16FNO4S. The summed E-state index contributed by atoms with van der Waals surface area (Å²) in [5, 5.41) is 8.45. The summed E-state index contributed by atoms with van der Waals surface area (Å²) in [6.07, 6.45) is 0. The van der Waals surface area contributed by atoms with Gasteiger partial charge in [0.25, 0.3) is 0 Å². The number of nitriles is 1. The molecule has 0 aliphatic heterocycles. The summed E-state index contributed by atoms with van der Waals surface area (Å²) >= 11 is 0. The molecule has 1 aliphatic carbocycles. The molecule has 2 aromatic carbocycles. The van der Waals surface area contributed by atoms with Crippen LogP contribution in [0.1, 0.15) is 18.4 Å². The first kappa shape index (κ1) is 18.1. The van der Waals surface area contributed by atoms with E-state index in [4.69, 9.17) is 4.74 Å². The highest BCUT2D eigenvalue weighted by Crippen LogP contribution is 2.64. The molecule has 134 valence electrons. The molecule has 0 radical (unpaired) electrons. The highest BCUT2D eigenvalue weighted by molar-refractivity contribution is 7.92. The maximum absolute atomic E-state index is 13.2. The molecule has 0 unspecified atom stereocenters. The zero-order valence-electron chi connectivity index (χ0n) is 13.9. The van der Waals surface area contributed by atoms with Gasteiger partial charge in [0.15, 0.2) is 15.3 Å². The van der Waals surface area contributed by atoms with Crippen molar-refractivity contribution in [1.29, 1.82) is 5.26 Å². The topological polar surface area (TPSA) is 84.2 Å². The maximum atomic E-state index is 13.2. The molecule has 0 heterocycles. The second kappa shape index (κ2) is 6.54. The third-order valence-corrected chi connectivity index (χ3v) is 6.81. The normalized spacial score (nSPS) is 24.5. The Labute approximate surface area is 150 Å². The van der Waals surface area contributed by atoms with Crippen molar-refractivity contribution < 1.29 is 22.3 Å². The van der Waals surface area contributed by atoms with Crippen molar-refractivity contribution in [3.8, 4) is 6.07 Å². The number of ether oxygens (including phenoxy) is 1. The van der Waals surface area contributed by atoms with Gasteiger partial charge in [0.1, 0.15) is 11.1 Å². The number of benzene rings is 2. The van der Waals surface area contributed by atoms with Gasteiger partial charge in [0, 0.05) is 5.92 Å². The van der Waals surface area contributed by atoms with Crippen LogP contribution in [-0.2, 0) is 19.4 Å². The minimum Gasteiger partial charge on any atom is -0.465 e. The van der Waals surface area contributed by atoms with Crippen molar-refractivity contribution >= 4 is 15.8 Å². The Bertz CT molecular complexity index is 967. The summed E-state index contributed by atoms with van der Waals surface area (Å²) < 4.78 is 44.4. The van der Waals surface area contributed by atoms with E-state index in [0.29, 0.717) is 5.56 Å². The van der Waals surface area contributed by atoms with E-state index >= 15 is 0 Å². The SMILES string of the molecule is CCOC(=O)[C@@]1(C#N)[C@@H](c2ccc(F)cc2)[C@@H]1S(=O)(=O)c1ccccc1. The zero-order chi connectivity index (χ0) is 18.9. The van der Waals surface area contributed by atoms with Crippen molar-refractivity contribution in [2.45, 2.75) is 23.0 Å².